The second-order valence-corrected chi connectivity index (χ2v) is 10.7. The maximum atomic E-state index is 14.2. The van der Waals surface area contributed by atoms with Gasteiger partial charge in [-0.15, -0.1) is 0 Å². The van der Waals surface area contributed by atoms with Gasteiger partial charge in [-0.25, -0.2) is 0 Å². The second kappa shape index (κ2) is 8.66. The Balaban J connectivity index is 1.35. The van der Waals surface area contributed by atoms with E-state index >= 15 is 0 Å². The summed E-state index contributed by atoms with van der Waals surface area (Å²) in [6, 6.07) is 26.3. The largest absolute Gasteiger partial charge is 0.330 e. The van der Waals surface area contributed by atoms with Crippen LogP contribution in [0.15, 0.2) is 79.0 Å². The van der Waals surface area contributed by atoms with Crippen LogP contribution in [0.2, 0.25) is 0 Å². The van der Waals surface area contributed by atoms with E-state index in [0.29, 0.717) is 12.1 Å². The molecule has 6 rings (SSSR count). The van der Waals surface area contributed by atoms with Crippen molar-refractivity contribution in [3.05, 3.63) is 101 Å². The highest BCUT2D eigenvalue weighted by Crippen LogP contribution is 2.52. The number of hydrogen-bond donors (Lipinski definition) is 1. The summed E-state index contributed by atoms with van der Waals surface area (Å²) in [6.07, 6.45) is 8.11. The van der Waals surface area contributed by atoms with E-state index in [4.69, 9.17) is 0 Å². The lowest BCUT2D eigenvalue weighted by molar-refractivity contribution is -0.0111. The van der Waals surface area contributed by atoms with Crippen LogP contribution in [-0.4, -0.2) is 40.0 Å². The molecule has 0 radical (unpaired) electrons. The standard InChI is InChI=1S/C30H33N3O/c1-30-20-25-26(18-22-11-6-3-7-12-22)33(28(30)14-8-13-27(30)32-25)29(34)23-15-16-31-24(19-23)17-21-9-4-2-5-10-21/h2-7,9-12,15-16,19,25-28,32H,8,13-14,17-18,20H2,1H3/t25-,26-,27-,28+,30-/m0/s1. The number of likely N-dealkylation sites (tertiary alicyclic amines) is 1. The highest BCUT2D eigenvalue weighted by Gasteiger charge is 2.60. The van der Waals surface area contributed by atoms with Crippen molar-refractivity contribution in [1.82, 2.24) is 15.2 Å². The van der Waals surface area contributed by atoms with Gasteiger partial charge in [0.1, 0.15) is 0 Å². The number of carbonyl (C=O) groups excluding carboxylic acids is 1. The predicted octanol–water partition coefficient (Wildman–Crippen LogP) is 5.03. The molecule has 3 fully saturated rings. The van der Waals surface area contributed by atoms with Crippen LogP contribution >= 0.6 is 0 Å². The molecule has 1 aliphatic carbocycles. The van der Waals surface area contributed by atoms with Crippen LogP contribution in [0.25, 0.3) is 0 Å². The van der Waals surface area contributed by atoms with Crippen molar-refractivity contribution in [2.75, 3.05) is 0 Å². The predicted molar refractivity (Wildman–Crippen MR) is 135 cm³/mol. The number of carbonyl (C=O) groups is 1. The minimum absolute atomic E-state index is 0.158. The average molecular weight is 452 g/mol. The van der Waals surface area contributed by atoms with Gasteiger partial charge in [-0.2, -0.15) is 0 Å². The summed E-state index contributed by atoms with van der Waals surface area (Å²) in [7, 11) is 0. The number of fused-ring (bicyclic) bond motifs is 1. The fourth-order valence-electron chi connectivity index (χ4n) is 6.93. The molecule has 3 heterocycles. The zero-order chi connectivity index (χ0) is 23.1. The van der Waals surface area contributed by atoms with E-state index in [2.05, 4.69) is 76.7 Å². The summed E-state index contributed by atoms with van der Waals surface area (Å²) < 4.78 is 0. The molecule has 1 saturated carbocycles. The third-order valence-corrected chi connectivity index (χ3v) is 8.57. The van der Waals surface area contributed by atoms with Gasteiger partial charge in [-0.3, -0.25) is 9.78 Å². The Morgan fingerprint density at radius 2 is 1.76 bits per heavy atom. The molecule has 4 heteroatoms. The minimum Gasteiger partial charge on any atom is -0.330 e. The van der Waals surface area contributed by atoms with E-state index in [1.54, 1.807) is 6.20 Å². The molecule has 1 amide bonds. The Bertz CT molecular complexity index is 1160. The Labute approximate surface area is 202 Å². The van der Waals surface area contributed by atoms with E-state index in [1.807, 2.05) is 18.2 Å². The van der Waals surface area contributed by atoms with Gasteiger partial charge in [0, 0.05) is 47.4 Å². The molecule has 3 aromatic rings. The lowest BCUT2D eigenvalue weighted by atomic mass is 9.64. The maximum absolute atomic E-state index is 14.2. The molecule has 1 N–H and O–H groups in total. The summed E-state index contributed by atoms with van der Waals surface area (Å²) in [4.78, 5) is 21.1. The molecule has 2 bridgehead atoms. The van der Waals surface area contributed by atoms with Crippen LogP contribution in [0, 0.1) is 5.41 Å². The molecule has 2 aromatic carbocycles. The first-order valence-electron chi connectivity index (χ1n) is 12.7. The third-order valence-electron chi connectivity index (χ3n) is 8.57. The number of nitrogens with one attached hydrogen (secondary N) is 1. The fourth-order valence-corrected chi connectivity index (χ4v) is 6.93. The molecule has 0 unspecified atom stereocenters. The Kier molecular flexibility index (Phi) is 5.49. The summed E-state index contributed by atoms with van der Waals surface area (Å²) in [5.74, 6) is 0.169. The van der Waals surface area contributed by atoms with E-state index in [0.717, 1.165) is 30.5 Å². The summed E-state index contributed by atoms with van der Waals surface area (Å²) in [5, 5.41) is 3.97. The molecule has 2 aliphatic heterocycles. The Morgan fingerprint density at radius 3 is 2.53 bits per heavy atom. The number of pyridine rings is 1. The summed E-state index contributed by atoms with van der Waals surface area (Å²) in [5.41, 5.74) is 4.39. The Morgan fingerprint density at radius 1 is 1.03 bits per heavy atom. The molecular formula is C30H33N3O. The van der Waals surface area contributed by atoms with E-state index in [1.165, 1.54) is 30.4 Å². The summed E-state index contributed by atoms with van der Waals surface area (Å²) >= 11 is 0. The van der Waals surface area contributed by atoms with Crippen LogP contribution in [0.5, 0.6) is 0 Å². The van der Waals surface area contributed by atoms with Crippen molar-refractivity contribution in [1.29, 1.82) is 0 Å². The van der Waals surface area contributed by atoms with Crippen molar-refractivity contribution in [2.45, 2.75) is 69.6 Å². The van der Waals surface area contributed by atoms with Gasteiger partial charge in [-0.1, -0.05) is 67.6 Å². The first kappa shape index (κ1) is 21.5. The van der Waals surface area contributed by atoms with Crippen molar-refractivity contribution < 1.29 is 4.79 Å². The van der Waals surface area contributed by atoms with Crippen LogP contribution in [0.1, 0.15) is 59.8 Å². The monoisotopic (exact) mass is 451 g/mol. The van der Waals surface area contributed by atoms with Gasteiger partial charge in [0.05, 0.1) is 6.04 Å². The average Bonchev–Trinajstić information content (AvgIpc) is 3.22. The van der Waals surface area contributed by atoms with Gasteiger partial charge in [-0.05, 0) is 55.4 Å². The number of benzene rings is 2. The van der Waals surface area contributed by atoms with Crippen molar-refractivity contribution in [3.63, 3.8) is 0 Å². The quantitative estimate of drug-likeness (QED) is 0.592. The molecule has 34 heavy (non-hydrogen) atoms. The van der Waals surface area contributed by atoms with Crippen molar-refractivity contribution >= 4 is 5.91 Å². The minimum atomic E-state index is 0.158. The number of hydrogen-bond acceptors (Lipinski definition) is 3. The van der Waals surface area contributed by atoms with Crippen molar-refractivity contribution in [2.24, 2.45) is 5.41 Å². The van der Waals surface area contributed by atoms with E-state index < -0.39 is 0 Å². The lowest BCUT2D eigenvalue weighted by Crippen LogP contribution is -2.62. The van der Waals surface area contributed by atoms with Crippen LogP contribution in [-0.2, 0) is 12.8 Å². The van der Waals surface area contributed by atoms with Gasteiger partial charge in [0.15, 0.2) is 0 Å². The highest BCUT2D eigenvalue weighted by atomic mass is 16.2. The zero-order valence-electron chi connectivity index (χ0n) is 19.9. The zero-order valence-corrected chi connectivity index (χ0v) is 19.9. The molecule has 174 valence electrons. The molecule has 4 nitrogen and oxygen atoms in total. The fraction of sp³-hybridized carbons (Fsp3) is 0.400. The maximum Gasteiger partial charge on any atom is 0.254 e. The van der Waals surface area contributed by atoms with Crippen LogP contribution in [0.4, 0.5) is 0 Å². The van der Waals surface area contributed by atoms with Crippen LogP contribution < -0.4 is 5.32 Å². The first-order chi connectivity index (χ1) is 16.6. The normalized spacial score (nSPS) is 29.7. The molecular weight excluding hydrogens is 418 g/mol. The number of nitrogens with zero attached hydrogens (tertiary/aromatic N) is 2. The summed E-state index contributed by atoms with van der Waals surface area (Å²) in [6.45, 7) is 2.42. The second-order valence-electron chi connectivity index (χ2n) is 10.7. The van der Waals surface area contributed by atoms with Gasteiger partial charge in [0.25, 0.3) is 5.91 Å². The molecule has 1 aromatic heterocycles. The van der Waals surface area contributed by atoms with Crippen LogP contribution in [0.3, 0.4) is 0 Å². The molecule has 2 saturated heterocycles. The molecule has 3 aliphatic rings. The van der Waals surface area contributed by atoms with Gasteiger partial charge < -0.3 is 10.2 Å². The highest BCUT2D eigenvalue weighted by molar-refractivity contribution is 5.95. The van der Waals surface area contributed by atoms with E-state index in [-0.39, 0.29) is 23.4 Å². The third kappa shape index (κ3) is 3.74. The molecule has 5 atom stereocenters. The first-order valence-corrected chi connectivity index (χ1v) is 12.7. The lowest BCUT2D eigenvalue weighted by Gasteiger charge is -2.53. The Hall–Kier alpha value is -2.98. The number of amides is 1. The topological polar surface area (TPSA) is 45.2 Å². The van der Waals surface area contributed by atoms with Gasteiger partial charge >= 0.3 is 0 Å². The van der Waals surface area contributed by atoms with Gasteiger partial charge in [0.2, 0.25) is 0 Å². The number of rotatable bonds is 5. The SMILES string of the molecule is C[C@]12C[C@@H]3N[C@H]1CCC[C@H]2N(C(=O)c1ccnc(Cc2ccccc2)c1)[C@H]3Cc1ccccc1. The molecule has 0 spiro atoms. The smallest absolute Gasteiger partial charge is 0.254 e. The number of piperidine rings is 1. The number of aromatic nitrogens is 1. The van der Waals surface area contributed by atoms with Crippen molar-refractivity contribution in [3.8, 4) is 0 Å². The van der Waals surface area contributed by atoms with E-state index in [9.17, 15) is 4.79 Å².